The van der Waals surface area contributed by atoms with Gasteiger partial charge in [-0.1, -0.05) is 0 Å². The Hall–Kier alpha value is -2.44. The normalized spacial score (nSPS) is 10.5. The molecule has 1 heterocycles. The van der Waals surface area contributed by atoms with Crippen LogP contribution in [-0.2, 0) is 11.8 Å². The third kappa shape index (κ3) is 3.06. The molecule has 19 heavy (non-hydrogen) atoms. The molecule has 0 aliphatic carbocycles. The van der Waals surface area contributed by atoms with E-state index in [0.717, 1.165) is 18.2 Å². The number of aryl methyl sites for hydroxylation is 1. The van der Waals surface area contributed by atoms with Crippen LogP contribution in [0.4, 0.5) is 8.78 Å². The Morgan fingerprint density at radius 3 is 2.53 bits per heavy atom. The molecule has 0 radical (unpaired) electrons. The zero-order chi connectivity index (χ0) is 14.0. The second kappa shape index (κ2) is 5.05. The molecule has 1 aromatic heterocycles. The van der Waals surface area contributed by atoms with Gasteiger partial charge in [0.25, 0.3) is 0 Å². The number of halogens is 2. The van der Waals surface area contributed by atoms with Crippen LogP contribution in [0.2, 0.25) is 0 Å². The van der Waals surface area contributed by atoms with E-state index >= 15 is 0 Å². The fraction of sp³-hybridized carbons (Fsp3) is 0.167. The number of carboxylic acids is 1. The highest BCUT2D eigenvalue weighted by molar-refractivity contribution is 5.68. The number of hydrogen-bond acceptors (Lipinski definition) is 3. The summed E-state index contributed by atoms with van der Waals surface area (Å²) in [6, 6.07) is 4.49. The van der Waals surface area contributed by atoms with Crippen molar-refractivity contribution in [3.8, 4) is 17.1 Å². The summed E-state index contributed by atoms with van der Waals surface area (Å²) in [5.41, 5.74) is 0.705. The summed E-state index contributed by atoms with van der Waals surface area (Å²) in [5, 5.41) is 12.4. The van der Waals surface area contributed by atoms with Gasteiger partial charge in [0, 0.05) is 24.7 Å². The second-order valence-corrected chi connectivity index (χ2v) is 3.83. The van der Waals surface area contributed by atoms with E-state index in [1.807, 2.05) is 0 Å². The van der Waals surface area contributed by atoms with Crippen LogP contribution in [-0.4, -0.2) is 27.5 Å². The Kier molecular flexibility index (Phi) is 3.46. The molecule has 2 rings (SSSR count). The van der Waals surface area contributed by atoms with E-state index < -0.39 is 24.2 Å². The third-order valence-electron chi connectivity index (χ3n) is 2.36. The first-order chi connectivity index (χ1) is 8.95. The van der Waals surface area contributed by atoms with E-state index in [2.05, 4.69) is 5.10 Å². The summed E-state index contributed by atoms with van der Waals surface area (Å²) < 4.78 is 32.5. The van der Waals surface area contributed by atoms with Crippen LogP contribution in [0.1, 0.15) is 0 Å². The number of rotatable bonds is 4. The SMILES string of the molecule is Cn1nc(OCC(=O)O)cc1-c1cc(F)cc(F)c1. The highest BCUT2D eigenvalue weighted by Crippen LogP contribution is 2.24. The number of hydrogen-bond donors (Lipinski definition) is 1. The topological polar surface area (TPSA) is 64.4 Å². The molecule has 7 heteroatoms. The predicted octanol–water partition coefficient (Wildman–Crippen LogP) is 1.83. The van der Waals surface area contributed by atoms with Crippen LogP contribution in [0, 0.1) is 11.6 Å². The van der Waals surface area contributed by atoms with Crippen molar-refractivity contribution in [2.24, 2.45) is 7.05 Å². The van der Waals surface area contributed by atoms with E-state index in [4.69, 9.17) is 9.84 Å². The Morgan fingerprint density at radius 2 is 1.95 bits per heavy atom. The minimum atomic E-state index is -1.14. The highest BCUT2D eigenvalue weighted by atomic mass is 19.1. The summed E-state index contributed by atoms with van der Waals surface area (Å²) >= 11 is 0. The zero-order valence-corrected chi connectivity index (χ0v) is 9.93. The first-order valence-electron chi connectivity index (χ1n) is 5.31. The van der Waals surface area contributed by atoms with Crippen LogP contribution in [0.5, 0.6) is 5.88 Å². The van der Waals surface area contributed by atoms with Gasteiger partial charge in [-0.15, -0.1) is 5.10 Å². The molecule has 0 spiro atoms. The zero-order valence-electron chi connectivity index (χ0n) is 9.93. The molecule has 1 N–H and O–H groups in total. The van der Waals surface area contributed by atoms with E-state index in [9.17, 15) is 13.6 Å². The maximum atomic E-state index is 13.1. The molecule has 2 aromatic rings. The molecule has 0 atom stereocenters. The van der Waals surface area contributed by atoms with Gasteiger partial charge in [-0.2, -0.15) is 0 Å². The lowest BCUT2D eigenvalue weighted by Gasteiger charge is -2.01. The van der Waals surface area contributed by atoms with Gasteiger partial charge in [0.05, 0.1) is 5.69 Å². The summed E-state index contributed by atoms with van der Waals surface area (Å²) in [6.07, 6.45) is 0. The molecule has 0 unspecified atom stereocenters. The fourth-order valence-corrected chi connectivity index (χ4v) is 1.62. The van der Waals surface area contributed by atoms with Crippen LogP contribution in [0.15, 0.2) is 24.3 Å². The summed E-state index contributed by atoms with van der Waals surface area (Å²) in [6.45, 7) is -0.534. The van der Waals surface area contributed by atoms with E-state index in [0.29, 0.717) is 5.69 Å². The largest absolute Gasteiger partial charge is 0.479 e. The molecule has 5 nitrogen and oxygen atoms in total. The van der Waals surface area contributed by atoms with Crippen LogP contribution >= 0.6 is 0 Å². The lowest BCUT2D eigenvalue weighted by molar-refractivity contribution is -0.139. The van der Waals surface area contributed by atoms with Crippen molar-refractivity contribution in [2.75, 3.05) is 6.61 Å². The molecular weight excluding hydrogens is 258 g/mol. The fourth-order valence-electron chi connectivity index (χ4n) is 1.62. The Bertz CT molecular complexity index is 605. The Labute approximate surface area is 107 Å². The Balaban J connectivity index is 2.31. The first-order valence-corrected chi connectivity index (χ1v) is 5.31. The van der Waals surface area contributed by atoms with Crippen molar-refractivity contribution >= 4 is 5.97 Å². The lowest BCUT2D eigenvalue weighted by atomic mass is 10.1. The van der Waals surface area contributed by atoms with Gasteiger partial charge in [-0.3, -0.25) is 4.68 Å². The minimum absolute atomic E-state index is 0.0737. The molecule has 1 aromatic carbocycles. The summed E-state index contributed by atoms with van der Waals surface area (Å²) in [7, 11) is 1.56. The van der Waals surface area contributed by atoms with Crippen molar-refractivity contribution in [1.29, 1.82) is 0 Å². The Morgan fingerprint density at radius 1 is 1.32 bits per heavy atom. The monoisotopic (exact) mass is 268 g/mol. The van der Waals surface area contributed by atoms with Crippen molar-refractivity contribution in [3.05, 3.63) is 35.9 Å². The van der Waals surface area contributed by atoms with Gasteiger partial charge in [-0.25, -0.2) is 13.6 Å². The second-order valence-electron chi connectivity index (χ2n) is 3.83. The van der Waals surface area contributed by atoms with E-state index in [1.165, 1.54) is 10.7 Å². The van der Waals surface area contributed by atoms with Crippen LogP contribution in [0.3, 0.4) is 0 Å². The lowest BCUT2D eigenvalue weighted by Crippen LogP contribution is -2.09. The molecule has 0 bridgehead atoms. The quantitative estimate of drug-likeness (QED) is 0.918. The van der Waals surface area contributed by atoms with Crippen molar-refractivity contribution in [3.63, 3.8) is 0 Å². The number of benzene rings is 1. The molecular formula is C12H10F2N2O3. The molecule has 0 fully saturated rings. The average molecular weight is 268 g/mol. The van der Waals surface area contributed by atoms with Crippen molar-refractivity contribution < 1.29 is 23.4 Å². The molecule has 0 aliphatic rings. The van der Waals surface area contributed by atoms with Crippen molar-refractivity contribution in [2.45, 2.75) is 0 Å². The number of aliphatic carboxylic acids is 1. The average Bonchev–Trinajstić information content (AvgIpc) is 2.66. The number of aromatic nitrogens is 2. The van der Waals surface area contributed by atoms with Crippen molar-refractivity contribution in [1.82, 2.24) is 9.78 Å². The maximum Gasteiger partial charge on any atom is 0.341 e. The van der Waals surface area contributed by atoms with Gasteiger partial charge in [0.1, 0.15) is 11.6 Å². The smallest absolute Gasteiger partial charge is 0.341 e. The number of nitrogens with zero attached hydrogens (tertiary/aromatic N) is 2. The summed E-state index contributed by atoms with van der Waals surface area (Å²) in [4.78, 5) is 10.4. The van der Waals surface area contributed by atoms with E-state index in [1.54, 1.807) is 7.05 Å². The van der Waals surface area contributed by atoms with Gasteiger partial charge in [0.2, 0.25) is 5.88 Å². The van der Waals surface area contributed by atoms with E-state index in [-0.39, 0.29) is 11.4 Å². The van der Waals surface area contributed by atoms with Crippen LogP contribution < -0.4 is 4.74 Å². The standard InChI is InChI=1S/C12H10F2N2O3/c1-16-10(5-11(15-16)19-6-12(17)18)7-2-8(13)4-9(14)3-7/h2-5H,6H2,1H3,(H,17,18). The van der Waals surface area contributed by atoms with Gasteiger partial charge < -0.3 is 9.84 Å². The van der Waals surface area contributed by atoms with Gasteiger partial charge >= 0.3 is 5.97 Å². The number of ether oxygens (including phenoxy) is 1. The molecule has 0 amide bonds. The molecule has 100 valence electrons. The molecule has 0 aliphatic heterocycles. The van der Waals surface area contributed by atoms with Gasteiger partial charge in [0.15, 0.2) is 6.61 Å². The summed E-state index contributed by atoms with van der Waals surface area (Å²) in [5.74, 6) is -2.47. The minimum Gasteiger partial charge on any atom is -0.479 e. The first kappa shape index (κ1) is 13.0. The number of carbonyl (C=O) groups is 1. The van der Waals surface area contributed by atoms with Gasteiger partial charge in [-0.05, 0) is 12.1 Å². The third-order valence-corrected chi connectivity index (χ3v) is 2.36. The predicted molar refractivity (Wildman–Crippen MR) is 61.7 cm³/mol. The maximum absolute atomic E-state index is 13.1. The molecule has 0 saturated heterocycles. The molecule has 0 saturated carbocycles. The van der Waals surface area contributed by atoms with Crippen LogP contribution in [0.25, 0.3) is 11.3 Å². The highest BCUT2D eigenvalue weighted by Gasteiger charge is 2.11. The number of carboxylic acid groups (broad SMARTS) is 1.